The number of aryl methyl sites for hydroxylation is 2. The fourth-order valence-electron chi connectivity index (χ4n) is 2.82. The van der Waals surface area contributed by atoms with Gasteiger partial charge in [-0.2, -0.15) is 0 Å². The number of alkyl halides is 1. The quantitative estimate of drug-likeness (QED) is 0.560. The molecule has 0 N–H and O–H groups in total. The Bertz CT molecular complexity index is 794. The van der Waals surface area contributed by atoms with Gasteiger partial charge in [-0.25, -0.2) is 0 Å². The molecule has 0 atom stereocenters. The van der Waals surface area contributed by atoms with Crippen LogP contribution in [0.4, 0.5) is 0 Å². The topological polar surface area (TPSA) is 12.9 Å². The molecule has 1 heterocycles. The van der Waals surface area contributed by atoms with Gasteiger partial charge in [0.05, 0.1) is 5.69 Å². The van der Waals surface area contributed by atoms with E-state index in [-0.39, 0.29) is 0 Å². The van der Waals surface area contributed by atoms with Gasteiger partial charge in [-0.3, -0.25) is 4.98 Å². The molecule has 0 radical (unpaired) electrons. The van der Waals surface area contributed by atoms with E-state index in [0.29, 0.717) is 5.88 Å². The third kappa shape index (κ3) is 2.77. The van der Waals surface area contributed by atoms with E-state index in [1.165, 1.54) is 16.7 Å². The zero-order chi connectivity index (χ0) is 15.5. The predicted octanol–water partition coefficient (Wildman–Crippen LogP) is 5.77. The molecule has 2 aromatic carbocycles. The number of halogens is 1. The molecule has 0 aliphatic heterocycles. The molecule has 0 unspecified atom stereocenters. The van der Waals surface area contributed by atoms with Crippen LogP contribution in [0.3, 0.4) is 0 Å². The molecule has 110 valence electrons. The van der Waals surface area contributed by atoms with Gasteiger partial charge in [0.1, 0.15) is 0 Å². The van der Waals surface area contributed by atoms with E-state index in [9.17, 15) is 0 Å². The summed E-state index contributed by atoms with van der Waals surface area (Å²) >= 11 is 6.20. The van der Waals surface area contributed by atoms with Gasteiger partial charge in [0.15, 0.2) is 0 Å². The van der Waals surface area contributed by atoms with Crippen molar-refractivity contribution >= 4 is 11.6 Å². The lowest BCUT2D eigenvalue weighted by Gasteiger charge is -2.15. The number of rotatable bonds is 3. The monoisotopic (exact) mass is 307 g/mol. The van der Waals surface area contributed by atoms with Crippen molar-refractivity contribution in [3.8, 4) is 22.4 Å². The minimum Gasteiger partial charge on any atom is -0.256 e. The summed E-state index contributed by atoms with van der Waals surface area (Å²) in [5.74, 6) is 0.477. The van der Waals surface area contributed by atoms with Crippen molar-refractivity contribution < 1.29 is 0 Å². The Morgan fingerprint density at radius 3 is 2.41 bits per heavy atom. The third-order valence-corrected chi connectivity index (χ3v) is 4.17. The summed E-state index contributed by atoms with van der Waals surface area (Å²) in [6, 6.07) is 18.8. The molecule has 0 saturated heterocycles. The molecule has 1 nitrogen and oxygen atoms in total. The Kier molecular flexibility index (Phi) is 4.26. The van der Waals surface area contributed by atoms with E-state index in [2.05, 4.69) is 49.2 Å². The Hall–Kier alpha value is -2.12. The van der Waals surface area contributed by atoms with E-state index >= 15 is 0 Å². The van der Waals surface area contributed by atoms with E-state index in [1.807, 2.05) is 30.5 Å². The average Bonchev–Trinajstić information content (AvgIpc) is 2.55. The fourth-order valence-corrected chi connectivity index (χ4v) is 3.05. The van der Waals surface area contributed by atoms with E-state index in [1.54, 1.807) is 0 Å². The van der Waals surface area contributed by atoms with Gasteiger partial charge in [-0.05, 0) is 36.6 Å². The van der Waals surface area contributed by atoms with Gasteiger partial charge in [-0.15, -0.1) is 11.6 Å². The summed E-state index contributed by atoms with van der Waals surface area (Å²) in [5, 5.41) is 0. The predicted molar refractivity (Wildman–Crippen MR) is 94.1 cm³/mol. The maximum atomic E-state index is 6.20. The molecule has 22 heavy (non-hydrogen) atoms. The SMILES string of the molecule is Cc1ccc(-c2c(CCl)ccnc2-c2ccccc2)c(C)c1. The lowest BCUT2D eigenvalue weighted by Crippen LogP contribution is -1.96. The minimum absolute atomic E-state index is 0.477. The summed E-state index contributed by atoms with van der Waals surface area (Å²) < 4.78 is 0. The molecule has 0 aliphatic rings. The highest BCUT2D eigenvalue weighted by atomic mass is 35.5. The van der Waals surface area contributed by atoms with Crippen LogP contribution in [0.1, 0.15) is 16.7 Å². The minimum atomic E-state index is 0.477. The van der Waals surface area contributed by atoms with Crippen LogP contribution in [0.5, 0.6) is 0 Å². The van der Waals surface area contributed by atoms with E-state index in [0.717, 1.165) is 22.4 Å². The molecule has 3 aromatic rings. The number of benzene rings is 2. The molecule has 2 heteroatoms. The van der Waals surface area contributed by atoms with Crippen LogP contribution in [-0.2, 0) is 5.88 Å². The zero-order valence-electron chi connectivity index (χ0n) is 12.8. The van der Waals surface area contributed by atoms with Crippen molar-refractivity contribution in [2.45, 2.75) is 19.7 Å². The fraction of sp³-hybridized carbons (Fsp3) is 0.150. The lowest BCUT2D eigenvalue weighted by molar-refractivity contribution is 1.26. The van der Waals surface area contributed by atoms with Gasteiger partial charge in [0.25, 0.3) is 0 Å². The lowest BCUT2D eigenvalue weighted by atomic mass is 9.92. The molecule has 0 bridgehead atoms. The molecule has 0 saturated carbocycles. The van der Waals surface area contributed by atoms with Gasteiger partial charge in [-0.1, -0.05) is 54.1 Å². The normalized spacial score (nSPS) is 10.7. The first-order valence-electron chi connectivity index (χ1n) is 7.37. The smallest absolute Gasteiger partial charge is 0.0783 e. The maximum Gasteiger partial charge on any atom is 0.0783 e. The molecule has 3 rings (SSSR count). The van der Waals surface area contributed by atoms with Crippen molar-refractivity contribution in [2.24, 2.45) is 0 Å². The average molecular weight is 308 g/mol. The van der Waals surface area contributed by atoms with E-state index < -0.39 is 0 Å². The standard InChI is InChI=1S/C20H18ClN/c1-14-8-9-18(15(2)12-14)19-17(13-21)10-11-22-20(19)16-6-4-3-5-7-16/h3-12H,13H2,1-2H3. The number of aromatic nitrogens is 1. The van der Waals surface area contributed by atoms with Crippen molar-refractivity contribution in [2.75, 3.05) is 0 Å². The van der Waals surface area contributed by atoms with Gasteiger partial charge >= 0.3 is 0 Å². The number of nitrogens with zero attached hydrogens (tertiary/aromatic N) is 1. The zero-order valence-corrected chi connectivity index (χ0v) is 13.6. The molecular formula is C20H18ClN. The second-order valence-electron chi connectivity index (χ2n) is 5.51. The number of hydrogen-bond donors (Lipinski definition) is 0. The molecule has 0 amide bonds. The van der Waals surface area contributed by atoms with Crippen LogP contribution < -0.4 is 0 Å². The summed E-state index contributed by atoms with van der Waals surface area (Å²) in [7, 11) is 0. The third-order valence-electron chi connectivity index (χ3n) is 3.88. The van der Waals surface area contributed by atoms with Crippen molar-refractivity contribution in [1.82, 2.24) is 4.98 Å². The Labute approximate surface area is 136 Å². The Morgan fingerprint density at radius 2 is 1.73 bits per heavy atom. The summed E-state index contributed by atoms with van der Waals surface area (Å²) in [6.45, 7) is 4.25. The summed E-state index contributed by atoms with van der Waals surface area (Å²) in [4.78, 5) is 4.64. The summed E-state index contributed by atoms with van der Waals surface area (Å²) in [6.07, 6.45) is 1.84. The number of pyridine rings is 1. The van der Waals surface area contributed by atoms with Crippen LogP contribution in [-0.4, -0.2) is 4.98 Å². The summed E-state index contributed by atoms with van der Waals surface area (Å²) in [5.41, 5.74) is 8.07. The van der Waals surface area contributed by atoms with Crippen LogP contribution in [0.2, 0.25) is 0 Å². The first kappa shape index (κ1) is 14.8. The van der Waals surface area contributed by atoms with Gasteiger partial charge in [0, 0.05) is 23.2 Å². The van der Waals surface area contributed by atoms with E-state index in [4.69, 9.17) is 11.6 Å². The highest BCUT2D eigenvalue weighted by Gasteiger charge is 2.15. The Balaban J connectivity index is 2.29. The second kappa shape index (κ2) is 6.33. The van der Waals surface area contributed by atoms with Crippen LogP contribution in [0.15, 0.2) is 60.8 Å². The molecular weight excluding hydrogens is 290 g/mol. The first-order valence-corrected chi connectivity index (χ1v) is 7.91. The highest BCUT2D eigenvalue weighted by molar-refractivity contribution is 6.17. The van der Waals surface area contributed by atoms with Crippen molar-refractivity contribution in [3.05, 3.63) is 77.5 Å². The largest absolute Gasteiger partial charge is 0.256 e. The molecule has 0 aliphatic carbocycles. The number of hydrogen-bond acceptors (Lipinski definition) is 1. The van der Waals surface area contributed by atoms with Gasteiger partial charge < -0.3 is 0 Å². The molecule has 0 spiro atoms. The van der Waals surface area contributed by atoms with Crippen molar-refractivity contribution in [3.63, 3.8) is 0 Å². The first-order chi connectivity index (χ1) is 10.7. The van der Waals surface area contributed by atoms with Crippen molar-refractivity contribution in [1.29, 1.82) is 0 Å². The second-order valence-corrected chi connectivity index (χ2v) is 5.78. The van der Waals surface area contributed by atoms with Crippen LogP contribution >= 0.6 is 11.6 Å². The van der Waals surface area contributed by atoms with Crippen LogP contribution in [0.25, 0.3) is 22.4 Å². The van der Waals surface area contributed by atoms with Gasteiger partial charge in [0.2, 0.25) is 0 Å². The molecule has 1 aromatic heterocycles. The molecule has 0 fully saturated rings. The highest BCUT2D eigenvalue weighted by Crippen LogP contribution is 2.36. The van der Waals surface area contributed by atoms with Crippen LogP contribution in [0, 0.1) is 13.8 Å². The Morgan fingerprint density at radius 1 is 0.955 bits per heavy atom. The maximum absolute atomic E-state index is 6.20.